The Morgan fingerprint density at radius 3 is 2.88 bits per heavy atom. The van der Waals surface area contributed by atoms with Crippen molar-refractivity contribution in [2.75, 3.05) is 0 Å². The molecular weight excluding hydrogens is 304 g/mol. The highest BCUT2D eigenvalue weighted by atomic mass is 79.9. The lowest BCUT2D eigenvalue weighted by molar-refractivity contribution is 0.810. The zero-order valence-electron chi connectivity index (χ0n) is 8.61. The first-order valence-corrected chi connectivity index (χ1v) is 7.39. The summed E-state index contributed by atoms with van der Waals surface area (Å²) in [5, 5.41) is 14.0. The van der Waals surface area contributed by atoms with Gasteiger partial charge in [-0.15, -0.1) is 22.7 Å². The maximum atomic E-state index is 8.98. The van der Waals surface area contributed by atoms with Crippen molar-refractivity contribution in [3.63, 3.8) is 0 Å². The van der Waals surface area contributed by atoms with Gasteiger partial charge in [-0.1, -0.05) is 6.92 Å². The molecule has 5 heteroatoms. The molecule has 82 valence electrons. The summed E-state index contributed by atoms with van der Waals surface area (Å²) in [6, 6.07) is 4.33. The Hall–Kier alpha value is -0.700. The van der Waals surface area contributed by atoms with Gasteiger partial charge in [-0.2, -0.15) is 5.26 Å². The second-order valence-corrected chi connectivity index (χ2v) is 6.01. The van der Waals surface area contributed by atoms with Crippen molar-refractivity contribution in [2.45, 2.75) is 19.3 Å². The van der Waals surface area contributed by atoms with Gasteiger partial charge in [0.25, 0.3) is 0 Å². The number of thiazole rings is 1. The highest BCUT2D eigenvalue weighted by molar-refractivity contribution is 9.10. The van der Waals surface area contributed by atoms with Crippen LogP contribution in [0.25, 0.3) is 10.6 Å². The molecule has 0 aliphatic heterocycles. The summed E-state index contributed by atoms with van der Waals surface area (Å²) in [6.45, 7) is 2.01. The molecule has 2 heterocycles. The van der Waals surface area contributed by atoms with E-state index in [0.29, 0.717) is 0 Å². The molecule has 16 heavy (non-hydrogen) atoms. The fourth-order valence-electron chi connectivity index (χ4n) is 1.33. The summed E-state index contributed by atoms with van der Waals surface area (Å²) in [4.78, 5) is 5.66. The summed E-state index contributed by atoms with van der Waals surface area (Å²) < 4.78 is 1.08. The van der Waals surface area contributed by atoms with E-state index in [4.69, 9.17) is 5.26 Å². The van der Waals surface area contributed by atoms with Crippen LogP contribution in [0.1, 0.15) is 24.3 Å². The zero-order chi connectivity index (χ0) is 11.5. The van der Waals surface area contributed by atoms with Gasteiger partial charge in [-0.3, -0.25) is 0 Å². The molecule has 0 aromatic carbocycles. The molecule has 0 saturated carbocycles. The third kappa shape index (κ3) is 2.34. The smallest absolute Gasteiger partial charge is 0.110 e. The van der Waals surface area contributed by atoms with Crippen LogP contribution in [0.5, 0.6) is 0 Å². The van der Waals surface area contributed by atoms with Crippen LogP contribution in [0, 0.1) is 11.3 Å². The van der Waals surface area contributed by atoms with Crippen molar-refractivity contribution in [3.8, 4) is 16.6 Å². The number of rotatable bonds is 3. The minimum absolute atomic E-state index is 0.0675. The number of nitriles is 1. The topological polar surface area (TPSA) is 36.7 Å². The molecule has 0 fully saturated rings. The number of hydrogen-bond acceptors (Lipinski definition) is 4. The lowest BCUT2D eigenvalue weighted by atomic mass is 10.1. The third-order valence-corrected chi connectivity index (χ3v) is 4.88. The van der Waals surface area contributed by atoms with Crippen molar-refractivity contribution in [1.82, 2.24) is 4.98 Å². The Labute approximate surface area is 111 Å². The second kappa shape index (κ2) is 5.09. The van der Waals surface area contributed by atoms with Crippen molar-refractivity contribution in [1.29, 1.82) is 5.26 Å². The van der Waals surface area contributed by atoms with Crippen LogP contribution in [-0.2, 0) is 0 Å². The number of hydrogen-bond donors (Lipinski definition) is 0. The van der Waals surface area contributed by atoms with Gasteiger partial charge < -0.3 is 0 Å². The van der Waals surface area contributed by atoms with Gasteiger partial charge in [0.2, 0.25) is 0 Å². The Bertz CT molecular complexity index is 524. The Kier molecular flexibility index (Phi) is 3.74. The summed E-state index contributed by atoms with van der Waals surface area (Å²) in [6.07, 6.45) is 0.817. The lowest BCUT2D eigenvalue weighted by Crippen LogP contribution is -1.91. The van der Waals surface area contributed by atoms with E-state index in [1.807, 2.05) is 17.7 Å². The predicted octanol–water partition coefficient (Wildman–Crippen LogP) is 4.65. The molecule has 1 unspecified atom stereocenters. The van der Waals surface area contributed by atoms with E-state index in [2.05, 4.69) is 33.0 Å². The quantitative estimate of drug-likeness (QED) is 0.827. The van der Waals surface area contributed by atoms with Gasteiger partial charge in [-0.05, 0) is 28.4 Å². The molecule has 2 rings (SSSR count). The Morgan fingerprint density at radius 2 is 2.31 bits per heavy atom. The van der Waals surface area contributed by atoms with E-state index in [0.717, 1.165) is 26.5 Å². The molecule has 0 aliphatic carbocycles. The van der Waals surface area contributed by atoms with E-state index >= 15 is 0 Å². The molecule has 1 atom stereocenters. The first-order valence-electron chi connectivity index (χ1n) is 4.84. The molecule has 0 aliphatic rings. The van der Waals surface area contributed by atoms with E-state index in [-0.39, 0.29) is 5.92 Å². The maximum absolute atomic E-state index is 8.98. The van der Waals surface area contributed by atoms with Crippen LogP contribution in [0.4, 0.5) is 0 Å². The summed E-state index contributed by atoms with van der Waals surface area (Å²) >= 11 is 6.65. The molecule has 0 radical (unpaired) electrons. The fraction of sp³-hybridized carbons (Fsp3) is 0.273. The first kappa shape index (κ1) is 11.8. The SMILES string of the molecule is CCC(C#N)c1nc(-c2cc(Br)cs2)cs1. The third-order valence-electron chi connectivity index (χ3n) is 2.20. The van der Waals surface area contributed by atoms with Crippen LogP contribution in [-0.4, -0.2) is 4.98 Å². The minimum Gasteiger partial charge on any atom is -0.239 e. The summed E-state index contributed by atoms with van der Waals surface area (Å²) in [7, 11) is 0. The van der Waals surface area contributed by atoms with Crippen LogP contribution in [0.3, 0.4) is 0 Å². The van der Waals surface area contributed by atoms with Gasteiger partial charge in [-0.25, -0.2) is 4.98 Å². The van der Waals surface area contributed by atoms with Crippen molar-refractivity contribution >= 4 is 38.6 Å². The molecule has 0 spiro atoms. The number of halogens is 1. The van der Waals surface area contributed by atoms with Crippen LogP contribution >= 0.6 is 38.6 Å². The molecule has 0 amide bonds. The number of aromatic nitrogens is 1. The Balaban J connectivity index is 2.30. The molecule has 0 saturated heterocycles. The average Bonchev–Trinajstić information content (AvgIpc) is 2.89. The summed E-state index contributed by atoms with van der Waals surface area (Å²) in [5.41, 5.74) is 0.976. The molecule has 0 bridgehead atoms. The lowest BCUT2D eigenvalue weighted by Gasteiger charge is -1.98. The highest BCUT2D eigenvalue weighted by Gasteiger charge is 2.14. The predicted molar refractivity (Wildman–Crippen MR) is 71.8 cm³/mol. The van der Waals surface area contributed by atoms with E-state index in [9.17, 15) is 0 Å². The number of thiophene rings is 1. The Morgan fingerprint density at radius 1 is 1.50 bits per heavy atom. The van der Waals surface area contributed by atoms with Gasteiger partial charge >= 0.3 is 0 Å². The van der Waals surface area contributed by atoms with Crippen molar-refractivity contribution < 1.29 is 0 Å². The average molecular weight is 313 g/mol. The maximum Gasteiger partial charge on any atom is 0.110 e. The highest BCUT2D eigenvalue weighted by Crippen LogP contribution is 2.32. The fourth-order valence-corrected chi connectivity index (χ4v) is 3.74. The van der Waals surface area contributed by atoms with Crippen molar-refractivity contribution in [2.24, 2.45) is 0 Å². The molecule has 2 aromatic heterocycles. The normalized spacial score (nSPS) is 12.3. The van der Waals surface area contributed by atoms with Crippen LogP contribution < -0.4 is 0 Å². The molecule has 2 aromatic rings. The summed E-state index contributed by atoms with van der Waals surface area (Å²) in [5.74, 6) is -0.0675. The van der Waals surface area contributed by atoms with E-state index < -0.39 is 0 Å². The van der Waals surface area contributed by atoms with Crippen LogP contribution in [0.15, 0.2) is 21.3 Å². The molecular formula is C11H9BrN2S2. The first-order chi connectivity index (χ1) is 7.74. The van der Waals surface area contributed by atoms with Gasteiger partial charge in [0.05, 0.1) is 22.6 Å². The molecule has 0 N–H and O–H groups in total. The largest absolute Gasteiger partial charge is 0.239 e. The number of nitrogens with zero attached hydrogens (tertiary/aromatic N) is 2. The minimum atomic E-state index is -0.0675. The van der Waals surface area contributed by atoms with Crippen LogP contribution in [0.2, 0.25) is 0 Å². The standard InChI is InChI=1S/C11H9BrN2S2/c1-2-7(4-13)11-14-9(6-16-11)10-3-8(12)5-15-10/h3,5-7H,2H2,1H3. The van der Waals surface area contributed by atoms with Gasteiger partial charge in [0.1, 0.15) is 5.01 Å². The van der Waals surface area contributed by atoms with Gasteiger partial charge in [0.15, 0.2) is 0 Å². The van der Waals surface area contributed by atoms with E-state index in [1.165, 1.54) is 0 Å². The monoisotopic (exact) mass is 312 g/mol. The second-order valence-electron chi connectivity index (χ2n) is 3.29. The zero-order valence-corrected chi connectivity index (χ0v) is 11.8. The van der Waals surface area contributed by atoms with E-state index in [1.54, 1.807) is 22.7 Å². The van der Waals surface area contributed by atoms with Crippen molar-refractivity contribution in [3.05, 3.63) is 26.3 Å². The van der Waals surface area contributed by atoms with Gasteiger partial charge in [0, 0.05) is 15.2 Å². The molecule has 2 nitrogen and oxygen atoms in total.